The quantitative estimate of drug-likeness (QED) is 0.281. The van der Waals surface area contributed by atoms with Crippen molar-refractivity contribution in [2.45, 2.75) is 36.8 Å². The average molecular weight is 458 g/mol. The molecule has 0 radical (unpaired) electrons. The summed E-state index contributed by atoms with van der Waals surface area (Å²) in [6.07, 6.45) is -7.43. The molecule has 16 heteroatoms. The van der Waals surface area contributed by atoms with Crippen LogP contribution in [0.5, 0.6) is 0 Å². The van der Waals surface area contributed by atoms with Gasteiger partial charge < -0.3 is 16.7 Å². The van der Waals surface area contributed by atoms with Gasteiger partial charge in [-0.3, -0.25) is 0 Å². The van der Waals surface area contributed by atoms with E-state index in [0.717, 1.165) is 0 Å². The van der Waals surface area contributed by atoms with Crippen LogP contribution in [-0.4, -0.2) is 57.2 Å². The number of hydrogen-bond donors (Lipinski definition) is 3. The van der Waals surface area contributed by atoms with Gasteiger partial charge in [-0.05, 0) is 0 Å². The smallest absolute Gasteiger partial charge is 1.00 e. The first kappa shape index (κ1) is 31.9. The molecule has 6 nitrogen and oxygen atoms in total. The summed E-state index contributed by atoms with van der Waals surface area (Å²) in [6, 6.07) is 0. The van der Waals surface area contributed by atoms with Gasteiger partial charge in [0, 0.05) is 25.0 Å². The second-order valence-corrected chi connectivity index (χ2v) is 4.68. The molecule has 0 aromatic carbocycles. The molecular weight excluding hydrogens is 446 g/mol. The van der Waals surface area contributed by atoms with Crippen molar-refractivity contribution in [2.75, 3.05) is 0 Å². The van der Waals surface area contributed by atoms with Crippen molar-refractivity contribution in [3.8, 4) is 0 Å². The van der Waals surface area contributed by atoms with Gasteiger partial charge in [0.15, 0.2) is 0 Å². The predicted octanol–water partition coefficient (Wildman–Crippen LogP) is 0.704. The molecule has 0 aliphatic carbocycles. The molecule has 0 amide bonds. The van der Waals surface area contributed by atoms with Gasteiger partial charge in [-0.15, -0.1) is 0 Å². The molecule has 0 saturated carbocycles. The van der Waals surface area contributed by atoms with Crippen molar-refractivity contribution >= 4 is 17.9 Å². The zero-order valence-electron chi connectivity index (χ0n) is 15.2. The molecule has 0 aromatic rings. The fourth-order valence-electron chi connectivity index (χ4n) is 1.04. The molecule has 0 aliphatic heterocycles. The summed E-state index contributed by atoms with van der Waals surface area (Å²) in [5.41, 5.74) is 0. The van der Waals surface area contributed by atoms with Crippen LogP contribution in [0.3, 0.4) is 0 Å². The molecular formula is C13H12F9NaO6. The Morgan fingerprint density at radius 1 is 0.690 bits per heavy atom. The van der Waals surface area contributed by atoms with Gasteiger partial charge >= 0.3 is 71.4 Å². The van der Waals surface area contributed by atoms with Gasteiger partial charge in [-0.2, -0.15) is 39.5 Å². The average Bonchev–Trinajstić information content (AvgIpc) is 2.44. The van der Waals surface area contributed by atoms with E-state index in [1.807, 2.05) is 0 Å². The van der Waals surface area contributed by atoms with E-state index in [-0.39, 0.29) is 31.0 Å². The zero-order chi connectivity index (χ0) is 23.0. The Bertz CT molecular complexity index is 599. The molecule has 164 valence electrons. The molecule has 0 fully saturated rings. The number of rotatable bonds is 8. The molecule has 0 bridgehead atoms. The molecule has 0 spiro atoms. The van der Waals surface area contributed by atoms with Crippen molar-refractivity contribution in [2.24, 2.45) is 0 Å². The number of allylic oxidation sites excluding steroid dienone is 2. The van der Waals surface area contributed by atoms with Crippen LogP contribution in [0.1, 0.15) is 14.3 Å². The predicted molar refractivity (Wildman–Crippen MR) is 72.4 cm³/mol. The van der Waals surface area contributed by atoms with E-state index < -0.39 is 54.7 Å². The summed E-state index contributed by atoms with van der Waals surface area (Å²) >= 11 is 0. The third-order valence-corrected chi connectivity index (χ3v) is 2.43. The summed E-state index contributed by atoms with van der Waals surface area (Å²) < 4.78 is 108. The molecule has 29 heavy (non-hydrogen) atoms. The maximum atomic E-state index is 13.0. The number of aliphatic carboxylic acids is 3. The Kier molecular flexibility index (Phi) is 13.3. The number of carboxylic acids is 3. The van der Waals surface area contributed by atoms with Crippen molar-refractivity contribution in [3.63, 3.8) is 0 Å². The van der Waals surface area contributed by atoms with Crippen molar-refractivity contribution in [1.29, 1.82) is 0 Å². The summed E-state index contributed by atoms with van der Waals surface area (Å²) in [5.74, 6) is -20.8. The largest absolute Gasteiger partial charge is 1.00 e. The monoisotopic (exact) mass is 458 g/mol. The summed E-state index contributed by atoms with van der Waals surface area (Å²) in [5, 5.41) is 23.5. The van der Waals surface area contributed by atoms with E-state index in [2.05, 4.69) is 0 Å². The minimum absolute atomic E-state index is 0. The van der Waals surface area contributed by atoms with Crippen LogP contribution in [-0.2, 0) is 14.4 Å². The Morgan fingerprint density at radius 2 is 0.966 bits per heavy atom. The molecule has 0 heterocycles. The minimum Gasteiger partial charge on any atom is -1.00 e. The van der Waals surface area contributed by atoms with E-state index in [9.17, 15) is 53.9 Å². The molecule has 3 N–H and O–H groups in total. The summed E-state index contributed by atoms with van der Waals surface area (Å²) in [6.45, 7) is 0. The second-order valence-electron chi connectivity index (χ2n) is 4.68. The van der Waals surface area contributed by atoms with Crippen LogP contribution >= 0.6 is 0 Å². The molecule has 0 aliphatic rings. The topological polar surface area (TPSA) is 112 Å². The van der Waals surface area contributed by atoms with Crippen molar-refractivity contribution in [1.82, 2.24) is 0 Å². The number of hydrogen-bond acceptors (Lipinski definition) is 3. The standard InChI is InChI=1S/C10H10F4O4.C3HF5O2.Na.H/c11-9(12,5-1-3-7(15)16)10(13,14)6-2-4-8(17)18;4-2(5,1(9)10)3(6,7)8;;/h1-4H,5-6H2,(H,15,16)(H,17,18);(H,9,10);;/q;;+1;-1/b3-1+,4-2+;;;. The van der Waals surface area contributed by atoms with Gasteiger partial charge in [0.2, 0.25) is 0 Å². The number of carbonyl (C=O) groups is 3. The van der Waals surface area contributed by atoms with Gasteiger partial charge in [0.25, 0.3) is 0 Å². The van der Waals surface area contributed by atoms with E-state index in [4.69, 9.17) is 15.3 Å². The first-order chi connectivity index (χ1) is 12.3. The van der Waals surface area contributed by atoms with Crippen LogP contribution in [0, 0.1) is 0 Å². The summed E-state index contributed by atoms with van der Waals surface area (Å²) in [4.78, 5) is 29.2. The van der Waals surface area contributed by atoms with Crippen LogP contribution in [0.15, 0.2) is 24.3 Å². The third-order valence-electron chi connectivity index (χ3n) is 2.43. The van der Waals surface area contributed by atoms with Gasteiger partial charge in [-0.25, -0.2) is 14.4 Å². The molecule has 0 unspecified atom stereocenters. The number of carboxylic acid groups (broad SMARTS) is 3. The van der Waals surface area contributed by atoms with E-state index >= 15 is 0 Å². The Balaban J connectivity index is -0.000000243. The Morgan fingerprint density at radius 3 is 1.10 bits per heavy atom. The van der Waals surface area contributed by atoms with E-state index in [0.29, 0.717) is 24.3 Å². The second kappa shape index (κ2) is 12.1. The first-order valence-corrected chi connectivity index (χ1v) is 6.50. The third kappa shape index (κ3) is 11.8. The fourth-order valence-corrected chi connectivity index (χ4v) is 1.04. The van der Waals surface area contributed by atoms with Gasteiger partial charge in [-0.1, -0.05) is 12.2 Å². The summed E-state index contributed by atoms with van der Waals surface area (Å²) in [7, 11) is 0. The van der Waals surface area contributed by atoms with Crippen LogP contribution in [0.4, 0.5) is 39.5 Å². The molecule has 0 rings (SSSR count). The van der Waals surface area contributed by atoms with E-state index in [1.54, 1.807) is 0 Å². The maximum Gasteiger partial charge on any atom is 1.00 e. The van der Waals surface area contributed by atoms with Crippen LogP contribution < -0.4 is 29.6 Å². The van der Waals surface area contributed by atoms with Gasteiger partial charge in [0.05, 0.1) is 0 Å². The molecule has 0 atom stereocenters. The van der Waals surface area contributed by atoms with Crippen molar-refractivity contribution < 1.29 is 100 Å². The van der Waals surface area contributed by atoms with Crippen LogP contribution in [0.25, 0.3) is 0 Å². The minimum atomic E-state index is -6.02. The molecule has 0 aromatic heterocycles. The van der Waals surface area contributed by atoms with E-state index in [1.165, 1.54) is 0 Å². The Hall–Kier alpha value is -1.74. The van der Waals surface area contributed by atoms with Crippen LogP contribution in [0.2, 0.25) is 0 Å². The molecule has 0 saturated heterocycles. The SMILES string of the molecule is O=C(O)/C=C/CC(F)(F)C(F)(F)C/C=C/C(=O)O.O=C(O)C(F)(F)C(F)(F)F.[H-].[Na+]. The number of halogens is 9. The fraction of sp³-hybridized carbons (Fsp3) is 0.462. The normalized spacial score (nSPS) is 12.9. The Labute approximate surface area is 179 Å². The number of alkyl halides is 9. The first-order valence-electron chi connectivity index (χ1n) is 6.50. The maximum absolute atomic E-state index is 13.0. The van der Waals surface area contributed by atoms with Crippen molar-refractivity contribution in [3.05, 3.63) is 24.3 Å². The van der Waals surface area contributed by atoms with Gasteiger partial charge in [0.1, 0.15) is 0 Å². The zero-order valence-corrected chi connectivity index (χ0v) is 16.2.